The van der Waals surface area contributed by atoms with Crippen molar-refractivity contribution < 1.29 is 14.1 Å². The molecule has 1 aliphatic heterocycles. The zero-order chi connectivity index (χ0) is 13.8. The summed E-state index contributed by atoms with van der Waals surface area (Å²) in [7, 11) is 0. The van der Waals surface area contributed by atoms with E-state index in [1.807, 2.05) is 0 Å². The number of nitrogens with one attached hydrogen (secondary N) is 2. The van der Waals surface area contributed by atoms with Crippen molar-refractivity contribution in [3.8, 4) is 0 Å². The number of rotatable bonds is 2. The average Bonchev–Trinajstić information content (AvgIpc) is 2.75. The maximum Gasteiger partial charge on any atom is 0.311 e. The normalized spacial score (nSPS) is 15.4. The summed E-state index contributed by atoms with van der Waals surface area (Å²) in [5.41, 5.74) is 1.55. The van der Waals surface area contributed by atoms with E-state index in [9.17, 15) is 9.59 Å². The van der Waals surface area contributed by atoms with E-state index in [0.717, 1.165) is 24.3 Å². The zero-order valence-electron chi connectivity index (χ0n) is 11.2. The first-order valence-electron chi connectivity index (χ1n) is 6.29. The van der Waals surface area contributed by atoms with Crippen LogP contribution in [0.1, 0.15) is 17.0 Å². The minimum Gasteiger partial charge on any atom is -0.361 e. The Morgan fingerprint density at radius 2 is 2.05 bits per heavy atom. The number of hydrogen-bond acceptors (Lipinski definition) is 5. The van der Waals surface area contributed by atoms with E-state index in [2.05, 4.69) is 15.8 Å². The average molecular weight is 266 g/mol. The van der Waals surface area contributed by atoms with Crippen LogP contribution >= 0.6 is 0 Å². The highest BCUT2D eigenvalue weighted by Crippen LogP contribution is 2.11. The van der Waals surface area contributed by atoms with E-state index in [-0.39, 0.29) is 6.54 Å². The molecule has 2 rings (SSSR count). The van der Waals surface area contributed by atoms with Crippen molar-refractivity contribution in [3.63, 3.8) is 0 Å². The fourth-order valence-corrected chi connectivity index (χ4v) is 2.01. The Labute approximate surface area is 111 Å². The summed E-state index contributed by atoms with van der Waals surface area (Å²) >= 11 is 0. The molecule has 19 heavy (non-hydrogen) atoms. The van der Waals surface area contributed by atoms with Crippen LogP contribution in [0.3, 0.4) is 0 Å². The smallest absolute Gasteiger partial charge is 0.311 e. The van der Waals surface area contributed by atoms with Gasteiger partial charge in [-0.25, -0.2) is 0 Å². The van der Waals surface area contributed by atoms with Gasteiger partial charge < -0.3 is 20.1 Å². The fourth-order valence-electron chi connectivity index (χ4n) is 2.01. The van der Waals surface area contributed by atoms with Gasteiger partial charge >= 0.3 is 11.8 Å². The highest BCUT2D eigenvalue weighted by molar-refractivity contribution is 6.35. The molecular formula is C12H18N4O3. The molecule has 1 saturated heterocycles. The first-order valence-corrected chi connectivity index (χ1v) is 6.29. The molecule has 0 aromatic carbocycles. The van der Waals surface area contributed by atoms with Crippen molar-refractivity contribution in [2.24, 2.45) is 0 Å². The van der Waals surface area contributed by atoms with Crippen molar-refractivity contribution >= 4 is 11.8 Å². The lowest BCUT2D eigenvalue weighted by atomic mass is 10.2. The zero-order valence-corrected chi connectivity index (χ0v) is 11.2. The molecular weight excluding hydrogens is 248 g/mol. The third kappa shape index (κ3) is 3.11. The van der Waals surface area contributed by atoms with Crippen LogP contribution in [0.4, 0.5) is 0 Å². The maximum absolute atomic E-state index is 11.9. The summed E-state index contributed by atoms with van der Waals surface area (Å²) in [6.07, 6.45) is 0. The Kier molecular flexibility index (Phi) is 4.16. The van der Waals surface area contributed by atoms with Gasteiger partial charge in [-0.2, -0.15) is 0 Å². The minimum atomic E-state index is -0.582. The van der Waals surface area contributed by atoms with Gasteiger partial charge in [0.1, 0.15) is 5.76 Å². The monoisotopic (exact) mass is 266 g/mol. The second-order valence-corrected chi connectivity index (χ2v) is 4.53. The van der Waals surface area contributed by atoms with E-state index in [0.29, 0.717) is 18.8 Å². The fraction of sp³-hybridized carbons (Fsp3) is 0.583. The Morgan fingerprint density at radius 1 is 1.37 bits per heavy atom. The van der Waals surface area contributed by atoms with Crippen LogP contribution in [0, 0.1) is 13.8 Å². The largest absolute Gasteiger partial charge is 0.361 e. The summed E-state index contributed by atoms with van der Waals surface area (Å²) in [6.45, 7) is 6.43. The molecule has 7 nitrogen and oxygen atoms in total. The first kappa shape index (κ1) is 13.5. The summed E-state index contributed by atoms with van der Waals surface area (Å²) < 4.78 is 5.00. The molecule has 0 aliphatic carbocycles. The van der Waals surface area contributed by atoms with Gasteiger partial charge in [0.15, 0.2) is 0 Å². The quantitative estimate of drug-likeness (QED) is 0.694. The van der Waals surface area contributed by atoms with Crippen LogP contribution in [-0.4, -0.2) is 48.0 Å². The van der Waals surface area contributed by atoms with Gasteiger partial charge in [0.05, 0.1) is 5.69 Å². The third-order valence-electron chi connectivity index (χ3n) is 3.21. The molecule has 2 heterocycles. The summed E-state index contributed by atoms with van der Waals surface area (Å²) in [5, 5.41) is 9.54. The number of piperazine rings is 1. The Balaban J connectivity index is 1.89. The molecule has 2 amide bonds. The van der Waals surface area contributed by atoms with Crippen LogP contribution in [0.2, 0.25) is 0 Å². The molecule has 0 radical (unpaired) electrons. The molecule has 0 saturated carbocycles. The maximum atomic E-state index is 11.9. The lowest BCUT2D eigenvalue weighted by Crippen LogP contribution is -2.51. The summed E-state index contributed by atoms with van der Waals surface area (Å²) in [6, 6.07) is 0. The molecule has 104 valence electrons. The molecule has 1 fully saturated rings. The summed E-state index contributed by atoms with van der Waals surface area (Å²) in [4.78, 5) is 25.2. The van der Waals surface area contributed by atoms with Gasteiger partial charge in [-0.3, -0.25) is 9.59 Å². The van der Waals surface area contributed by atoms with Crippen molar-refractivity contribution in [1.82, 2.24) is 20.7 Å². The van der Waals surface area contributed by atoms with Gasteiger partial charge in [0.2, 0.25) is 0 Å². The highest BCUT2D eigenvalue weighted by atomic mass is 16.5. The number of carbonyl (C=O) groups excluding carboxylic acids is 2. The topological polar surface area (TPSA) is 87.5 Å². The lowest BCUT2D eigenvalue weighted by Gasteiger charge is -2.26. The number of aryl methyl sites for hydroxylation is 2. The highest BCUT2D eigenvalue weighted by Gasteiger charge is 2.23. The first-order chi connectivity index (χ1) is 9.09. The van der Waals surface area contributed by atoms with Gasteiger partial charge in [-0.1, -0.05) is 5.16 Å². The second kappa shape index (κ2) is 5.83. The van der Waals surface area contributed by atoms with Crippen molar-refractivity contribution in [2.75, 3.05) is 26.2 Å². The van der Waals surface area contributed by atoms with Crippen molar-refractivity contribution in [1.29, 1.82) is 0 Å². The number of carbonyl (C=O) groups is 2. The predicted octanol–water partition coefficient (Wildman–Crippen LogP) is -0.661. The molecule has 0 bridgehead atoms. The molecule has 0 spiro atoms. The Bertz CT molecular complexity index is 458. The SMILES string of the molecule is Cc1noc(C)c1CNC(=O)C(=O)N1CCNCC1. The minimum absolute atomic E-state index is 0.262. The van der Waals surface area contributed by atoms with Crippen molar-refractivity contribution in [3.05, 3.63) is 17.0 Å². The van der Waals surface area contributed by atoms with E-state index in [1.165, 1.54) is 0 Å². The molecule has 0 unspecified atom stereocenters. The molecule has 1 aromatic rings. The van der Waals surface area contributed by atoms with Crippen LogP contribution < -0.4 is 10.6 Å². The Hall–Kier alpha value is -1.89. The second-order valence-electron chi connectivity index (χ2n) is 4.53. The molecule has 2 N–H and O–H groups in total. The standard InChI is InChI=1S/C12H18N4O3/c1-8-10(9(2)19-15-8)7-14-11(17)12(18)16-5-3-13-4-6-16/h13H,3-7H2,1-2H3,(H,14,17). The van der Waals surface area contributed by atoms with E-state index in [4.69, 9.17) is 4.52 Å². The number of hydrogen-bond donors (Lipinski definition) is 2. The number of nitrogens with zero attached hydrogens (tertiary/aromatic N) is 2. The van der Waals surface area contributed by atoms with Crippen LogP contribution in [0.5, 0.6) is 0 Å². The molecule has 1 aromatic heterocycles. The van der Waals surface area contributed by atoms with Crippen LogP contribution in [-0.2, 0) is 16.1 Å². The molecule has 7 heteroatoms. The molecule has 0 atom stereocenters. The summed E-state index contributed by atoms with van der Waals surface area (Å²) in [5.74, 6) is -0.400. The third-order valence-corrected chi connectivity index (χ3v) is 3.21. The van der Waals surface area contributed by atoms with E-state index >= 15 is 0 Å². The lowest BCUT2D eigenvalue weighted by molar-refractivity contribution is -0.146. The van der Waals surface area contributed by atoms with Gasteiger partial charge in [-0.05, 0) is 13.8 Å². The van der Waals surface area contributed by atoms with Crippen molar-refractivity contribution in [2.45, 2.75) is 20.4 Å². The molecule has 1 aliphatic rings. The van der Waals surface area contributed by atoms with Crippen LogP contribution in [0.25, 0.3) is 0 Å². The Morgan fingerprint density at radius 3 is 2.63 bits per heavy atom. The van der Waals surface area contributed by atoms with Gasteiger partial charge in [-0.15, -0.1) is 0 Å². The van der Waals surface area contributed by atoms with E-state index in [1.54, 1.807) is 18.7 Å². The van der Waals surface area contributed by atoms with Crippen LogP contribution in [0.15, 0.2) is 4.52 Å². The van der Waals surface area contributed by atoms with E-state index < -0.39 is 11.8 Å². The predicted molar refractivity (Wildman–Crippen MR) is 67.3 cm³/mol. The number of amides is 2. The van der Waals surface area contributed by atoms with Gasteiger partial charge in [0, 0.05) is 38.3 Å². The number of aromatic nitrogens is 1. The van der Waals surface area contributed by atoms with Gasteiger partial charge in [0.25, 0.3) is 0 Å².